The average Bonchev–Trinajstić information content (AvgIpc) is 2.74. The Morgan fingerprint density at radius 2 is 2.06 bits per heavy atom. The van der Waals surface area contributed by atoms with Crippen molar-refractivity contribution in [3.63, 3.8) is 0 Å². The lowest BCUT2D eigenvalue weighted by Crippen LogP contribution is -2.39. The van der Waals surface area contributed by atoms with Gasteiger partial charge in [-0.3, -0.25) is 0 Å². The zero-order valence-corrected chi connectivity index (χ0v) is 10.4. The number of nitrogens with one attached hydrogen (secondary N) is 1. The van der Waals surface area contributed by atoms with Crippen molar-refractivity contribution in [2.24, 2.45) is 0 Å². The second-order valence-electron chi connectivity index (χ2n) is 4.19. The van der Waals surface area contributed by atoms with Crippen LogP contribution in [-0.4, -0.2) is 27.5 Å². The smallest absolute Gasteiger partial charge is 0.111 e. The van der Waals surface area contributed by atoms with Crippen LogP contribution in [0.4, 0.5) is 5.69 Å². The van der Waals surface area contributed by atoms with E-state index in [1.807, 2.05) is 18.2 Å². The predicted octanol–water partition coefficient (Wildman–Crippen LogP) is 2.58. The van der Waals surface area contributed by atoms with Crippen LogP contribution in [-0.2, 0) is 0 Å². The summed E-state index contributed by atoms with van der Waals surface area (Å²) in [5, 5.41) is 3.33. The molecule has 2 heterocycles. The molecule has 1 N–H and O–H groups in total. The van der Waals surface area contributed by atoms with E-state index < -0.39 is 0 Å². The highest BCUT2D eigenvalue weighted by Gasteiger charge is 2.33. The number of thiocarbonyl (C=S) groups is 2. The highest BCUT2D eigenvalue weighted by atomic mass is 32.1. The van der Waals surface area contributed by atoms with Crippen LogP contribution in [0.1, 0.15) is 18.4 Å². The minimum absolute atomic E-state index is 0.301. The molecule has 1 atom stereocenters. The molecule has 0 aromatic heterocycles. The summed E-state index contributed by atoms with van der Waals surface area (Å²) in [7, 11) is 0. The molecule has 0 saturated carbocycles. The third kappa shape index (κ3) is 1.44. The van der Waals surface area contributed by atoms with E-state index in [0.717, 1.165) is 34.2 Å². The number of nitrogens with zero attached hydrogens (tertiary/aromatic N) is 1. The third-order valence-corrected chi connectivity index (χ3v) is 4.06. The van der Waals surface area contributed by atoms with E-state index in [1.165, 1.54) is 6.42 Å². The summed E-state index contributed by atoms with van der Waals surface area (Å²) in [5.41, 5.74) is 2.15. The van der Waals surface area contributed by atoms with E-state index in [4.69, 9.17) is 24.4 Å². The van der Waals surface area contributed by atoms with Crippen LogP contribution in [0.3, 0.4) is 0 Å². The van der Waals surface area contributed by atoms with Gasteiger partial charge in [-0.25, -0.2) is 0 Å². The molecule has 2 nitrogen and oxygen atoms in total. The minimum Gasteiger partial charge on any atom is -0.353 e. The molecule has 1 aromatic rings. The van der Waals surface area contributed by atoms with Crippen LogP contribution >= 0.6 is 24.4 Å². The van der Waals surface area contributed by atoms with Crippen LogP contribution in [0, 0.1) is 0 Å². The zero-order chi connectivity index (χ0) is 11.1. The molecule has 2 aliphatic rings. The van der Waals surface area contributed by atoms with Crippen LogP contribution in [0.15, 0.2) is 24.3 Å². The zero-order valence-electron chi connectivity index (χ0n) is 8.77. The van der Waals surface area contributed by atoms with Crippen molar-refractivity contribution in [3.8, 4) is 0 Å². The van der Waals surface area contributed by atoms with Crippen LogP contribution in [0.25, 0.3) is 0 Å². The topological polar surface area (TPSA) is 15.3 Å². The van der Waals surface area contributed by atoms with Gasteiger partial charge >= 0.3 is 0 Å². The Kier molecular flexibility index (Phi) is 2.41. The third-order valence-electron chi connectivity index (χ3n) is 3.23. The van der Waals surface area contributed by atoms with Gasteiger partial charge in [0, 0.05) is 17.8 Å². The first-order valence-corrected chi connectivity index (χ1v) is 6.30. The fourth-order valence-corrected chi connectivity index (χ4v) is 3.18. The normalized spacial score (nSPS) is 23.5. The molecule has 1 saturated heterocycles. The fraction of sp³-hybridized carbons (Fsp3) is 0.333. The summed E-state index contributed by atoms with van der Waals surface area (Å²) < 4.78 is 0. The van der Waals surface area contributed by atoms with Gasteiger partial charge in [-0.1, -0.05) is 36.6 Å². The molecule has 0 radical (unpaired) electrons. The second kappa shape index (κ2) is 3.79. The van der Waals surface area contributed by atoms with E-state index in [0.29, 0.717) is 6.04 Å². The minimum atomic E-state index is 0.301. The van der Waals surface area contributed by atoms with Gasteiger partial charge in [0.05, 0.1) is 6.04 Å². The molecule has 1 fully saturated rings. The van der Waals surface area contributed by atoms with Crippen LogP contribution < -0.4 is 5.32 Å². The number of para-hydroxylation sites is 1. The molecular weight excluding hydrogens is 236 g/mol. The largest absolute Gasteiger partial charge is 0.353 e. The standard InChI is InChI=1S/C12H12N2S2/c15-11-10-6-3-7-14(10)12(16)8-4-1-2-5-9(8)13-11/h1-2,4-5,10H,3,6-7H2,(H,13,15). The molecule has 82 valence electrons. The van der Waals surface area contributed by atoms with Crippen molar-refractivity contribution in [2.45, 2.75) is 18.9 Å². The Morgan fingerprint density at radius 3 is 2.94 bits per heavy atom. The molecule has 4 heteroatoms. The Bertz CT molecular complexity index is 470. The van der Waals surface area contributed by atoms with E-state index >= 15 is 0 Å². The van der Waals surface area contributed by atoms with E-state index in [2.05, 4.69) is 16.3 Å². The van der Waals surface area contributed by atoms with E-state index in [-0.39, 0.29) is 0 Å². The molecule has 1 aromatic carbocycles. The van der Waals surface area contributed by atoms with E-state index in [1.54, 1.807) is 0 Å². The summed E-state index contributed by atoms with van der Waals surface area (Å²) in [6.07, 6.45) is 2.29. The van der Waals surface area contributed by atoms with Crippen molar-refractivity contribution >= 4 is 40.1 Å². The lowest BCUT2D eigenvalue weighted by molar-refractivity contribution is 0.480. The molecular formula is C12H12N2S2. The van der Waals surface area contributed by atoms with Gasteiger partial charge in [0.15, 0.2) is 0 Å². The molecule has 0 amide bonds. The van der Waals surface area contributed by atoms with Gasteiger partial charge in [0.2, 0.25) is 0 Å². The second-order valence-corrected chi connectivity index (χ2v) is 5.02. The first-order chi connectivity index (χ1) is 7.77. The Labute approximate surface area is 106 Å². The van der Waals surface area contributed by atoms with Gasteiger partial charge in [0.1, 0.15) is 9.98 Å². The summed E-state index contributed by atoms with van der Waals surface area (Å²) >= 11 is 11.0. The molecule has 1 unspecified atom stereocenters. The number of fused-ring (bicyclic) bond motifs is 2. The van der Waals surface area contributed by atoms with Crippen molar-refractivity contribution in [2.75, 3.05) is 11.9 Å². The van der Waals surface area contributed by atoms with Crippen molar-refractivity contribution in [3.05, 3.63) is 29.8 Å². The summed E-state index contributed by atoms with van der Waals surface area (Å²) in [6, 6.07) is 8.43. The number of hydrogen-bond acceptors (Lipinski definition) is 2. The van der Waals surface area contributed by atoms with E-state index in [9.17, 15) is 0 Å². The molecule has 0 bridgehead atoms. The maximum absolute atomic E-state index is 5.56. The van der Waals surface area contributed by atoms with Gasteiger partial charge < -0.3 is 10.2 Å². The number of rotatable bonds is 0. The lowest BCUT2D eigenvalue weighted by Gasteiger charge is -2.24. The van der Waals surface area contributed by atoms with Gasteiger partial charge in [0.25, 0.3) is 0 Å². The molecule has 0 aliphatic carbocycles. The van der Waals surface area contributed by atoms with Crippen molar-refractivity contribution in [1.82, 2.24) is 4.90 Å². The quantitative estimate of drug-likeness (QED) is 0.710. The average molecular weight is 248 g/mol. The molecule has 3 rings (SSSR count). The highest BCUT2D eigenvalue weighted by molar-refractivity contribution is 7.81. The number of hydrogen-bond donors (Lipinski definition) is 1. The molecule has 16 heavy (non-hydrogen) atoms. The molecule has 2 aliphatic heterocycles. The first-order valence-electron chi connectivity index (χ1n) is 5.48. The summed E-state index contributed by atoms with van der Waals surface area (Å²) in [5.74, 6) is 0. The summed E-state index contributed by atoms with van der Waals surface area (Å²) in [6.45, 7) is 1.03. The van der Waals surface area contributed by atoms with Crippen molar-refractivity contribution in [1.29, 1.82) is 0 Å². The highest BCUT2D eigenvalue weighted by Crippen LogP contribution is 2.29. The Hall–Kier alpha value is -1.00. The predicted molar refractivity (Wildman–Crippen MR) is 74.1 cm³/mol. The number of benzene rings is 1. The van der Waals surface area contributed by atoms with Gasteiger partial charge in [-0.15, -0.1) is 0 Å². The van der Waals surface area contributed by atoms with Crippen molar-refractivity contribution < 1.29 is 0 Å². The monoisotopic (exact) mass is 248 g/mol. The van der Waals surface area contributed by atoms with Gasteiger partial charge in [-0.2, -0.15) is 0 Å². The Morgan fingerprint density at radius 1 is 1.25 bits per heavy atom. The van der Waals surface area contributed by atoms with Crippen LogP contribution in [0.5, 0.6) is 0 Å². The van der Waals surface area contributed by atoms with Gasteiger partial charge in [-0.05, 0) is 25.0 Å². The SMILES string of the molecule is S=C1Nc2ccccc2C(=S)N2CCCC12. The lowest BCUT2D eigenvalue weighted by atomic mass is 10.1. The molecule has 0 spiro atoms. The summed E-state index contributed by atoms with van der Waals surface area (Å²) in [4.78, 5) is 4.10. The van der Waals surface area contributed by atoms with Crippen LogP contribution in [0.2, 0.25) is 0 Å². The maximum Gasteiger partial charge on any atom is 0.111 e. The Balaban J connectivity index is 2.11. The number of anilines is 1. The maximum atomic E-state index is 5.56. The fourth-order valence-electron chi connectivity index (χ4n) is 2.43. The first kappa shape index (κ1) is 10.2.